The fourth-order valence-electron chi connectivity index (χ4n) is 2.72. The lowest BCUT2D eigenvalue weighted by Crippen LogP contribution is -2.53. The minimum Gasteiger partial charge on any atom is -0.491 e. The first kappa shape index (κ1) is 16.3. The summed E-state index contributed by atoms with van der Waals surface area (Å²) in [6.45, 7) is 0.737. The molecule has 1 unspecified atom stereocenters. The number of hydrogen-bond acceptors (Lipinski definition) is 5. The van der Waals surface area contributed by atoms with Gasteiger partial charge in [-0.25, -0.2) is 9.37 Å². The second-order valence-corrected chi connectivity index (χ2v) is 5.89. The average Bonchev–Trinajstić information content (AvgIpc) is 2.61. The van der Waals surface area contributed by atoms with Gasteiger partial charge in [-0.1, -0.05) is 0 Å². The van der Waals surface area contributed by atoms with Crippen LogP contribution in [-0.2, 0) is 0 Å². The SMILES string of the molecule is O=C(c1cnccn1)N1CCCC(O)(COc2ccc(F)cc2)C1. The van der Waals surface area contributed by atoms with Crippen LogP contribution in [0.2, 0.25) is 0 Å². The molecule has 1 amide bonds. The molecule has 1 aromatic heterocycles. The molecule has 2 heterocycles. The number of aliphatic hydroxyl groups is 1. The molecule has 2 aromatic rings. The highest BCUT2D eigenvalue weighted by atomic mass is 19.1. The Labute approximate surface area is 138 Å². The van der Waals surface area contributed by atoms with Crippen molar-refractivity contribution >= 4 is 5.91 Å². The van der Waals surface area contributed by atoms with Crippen molar-refractivity contribution in [1.82, 2.24) is 14.9 Å². The second kappa shape index (κ2) is 6.92. The number of hydrogen-bond donors (Lipinski definition) is 1. The van der Waals surface area contributed by atoms with Crippen LogP contribution in [0.3, 0.4) is 0 Å². The number of aromatic nitrogens is 2. The lowest BCUT2D eigenvalue weighted by Gasteiger charge is -2.38. The molecule has 3 rings (SSSR count). The van der Waals surface area contributed by atoms with Crippen LogP contribution < -0.4 is 4.74 Å². The number of likely N-dealkylation sites (tertiary alicyclic amines) is 1. The van der Waals surface area contributed by atoms with Crippen molar-refractivity contribution in [2.45, 2.75) is 18.4 Å². The maximum absolute atomic E-state index is 12.9. The van der Waals surface area contributed by atoms with E-state index in [9.17, 15) is 14.3 Å². The Morgan fingerprint density at radius 1 is 1.33 bits per heavy atom. The third-order valence-electron chi connectivity index (χ3n) is 3.95. The maximum atomic E-state index is 12.9. The largest absolute Gasteiger partial charge is 0.491 e. The van der Waals surface area contributed by atoms with E-state index in [1.807, 2.05) is 0 Å². The highest BCUT2D eigenvalue weighted by molar-refractivity contribution is 5.92. The molecule has 6 nitrogen and oxygen atoms in total. The highest BCUT2D eigenvalue weighted by Gasteiger charge is 2.36. The Morgan fingerprint density at radius 2 is 2.12 bits per heavy atom. The zero-order chi connectivity index (χ0) is 17.0. The lowest BCUT2D eigenvalue weighted by atomic mass is 9.93. The van der Waals surface area contributed by atoms with Crippen molar-refractivity contribution in [3.05, 3.63) is 54.4 Å². The standard InChI is InChI=1S/C17H18FN3O3/c18-13-2-4-14(5-3-13)24-12-17(23)6-1-9-21(11-17)16(22)15-10-19-7-8-20-15/h2-5,7-8,10,23H,1,6,9,11-12H2. The molecule has 0 aliphatic carbocycles. The number of nitrogens with zero attached hydrogens (tertiary/aromatic N) is 3. The molecule has 0 saturated carbocycles. The van der Waals surface area contributed by atoms with Crippen LogP contribution in [0.15, 0.2) is 42.9 Å². The summed E-state index contributed by atoms with van der Waals surface area (Å²) in [5, 5.41) is 10.7. The van der Waals surface area contributed by atoms with Gasteiger partial charge in [0, 0.05) is 18.9 Å². The van der Waals surface area contributed by atoms with E-state index in [-0.39, 0.29) is 30.6 Å². The molecule has 126 valence electrons. The van der Waals surface area contributed by atoms with E-state index in [0.29, 0.717) is 25.1 Å². The van der Waals surface area contributed by atoms with Crippen LogP contribution in [0.4, 0.5) is 4.39 Å². The van der Waals surface area contributed by atoms with Gasteiger partial charge in [-0.3, -0.25) is 9.78 Å². The topological polar surface area (TPSA) is 75.6 Å². The number of piperidine rings is 1. The van der Waals surface area contributed by atoms with Gasteiger partial charge >= 0.3 is 0 Å². The Bertz CT molecular complexity index is 696. The minimum atomic E-state index is -1.15. The normalized spacial score (nSPS) is 20.7. The molecule has 24 heavy (non-hydrogen) atoms. The Morgan fingerprint density at radius 3 is 2.83 bits per heavy atom. The molecule has 0 bridgehead atoms. The van der Waals surface area contributed by atoms with Gasteiger partial charge in [0.15, 0.2) is 0 Å². The molecule has 1 aliphatic heterocycles. The van der Waals surface area contributed by atoms with Gasteiger partial charge in [0.05, 0.1) is 12.7 Å². The summed E-state index contributed by atoms with van der Waals surface area (Å²) < 4.78 is 18.5. The molecule has 0 radical (unpaired) electrons. The summed E-state index contributed by atoms with van der Waals surface area (Å²) in [6, 6.07) is 5.60. The summed E-state index contributed by atoms with van der Waals surface area (Å²) in [6.07, 6.45) is 5.56. The third kappa shape index (κ3) is 3.86. The number of amides is 1. The Balaban J connectivity index is 1.63. The van der Waals surface area contributed by atoms with E-state index in [0.717, 1.165) is 0 Å². The van der Waals surface area contributed by atoms with E-state index in [4.69, 9.17) is 4.74 Å². The van der Waals surface area contributed by atoms with Crippen molar-refractivity contribution in [2.75, 3.05) is 19.7 Å². The molecule has 0 spiro atoms. The van der Waals surface area contributed by atoms with Gasteiger partial charge in [0.2, 0.25) is 0 Å². The van der Waals surface area contributed by atoms with Crippen LogP contribution in [0.1, 0.15) is 23.3 Å². The smallest absolute Gasteiger partial charge is 0.274 e. The third-order valence-corrected chi connectivity index (χ3v) is 3.95. The number of benzene rings is 1. The number of halogens is 1. The molecule has 7 heteroatoms. The van der Waals surface area contributed by atoms with E-state index in [1.165, 1.54) is 42.9 Å². The van der Waals surface area contributed by atoms with E-state index >= 15 is 0 Å². The number of rotatable bonds is 4. The number of ether oxygens (including phenoxy) is 1. The van der Waals surface area contributed by atoms with Crippen LogP contribution in [0, 0.1) is 5.82 Å². The van der Waals surface area contributed by atoms with Crippen LogP contribution in [-0.4, -0.2) is 51.2 Å². The fourth-order valence-corrected chi connectivity index (χ4v) is 2.72. The molecular formula is C17H18FN3O3. The summed E-state index contributed by atoms with van der Waals surface area (Å²) in [4.78, 5) is 21.9. The number of carbonyl (C=O) groups is 1. The summed E-state index contributed by atoms with van der Waals surface area (Å²) in [5.74, 6) is -0.135. The molecule has 1 N–H and O–H groups in total. The highest BCUT2D eigenvalue weighted by Crippen LogP contribution is 2.24. The van der Waals surface area contributed by atoms with Crippen LogP contribution >= 0.6 is 0 Å². The first-order chi connectivity index (χ1) is 11.6. The predicted molar refractivity (Wildman–Crippen MR) is 84.0 cm³/mol. The molecule has 1 fully saturated rings. The van der Waals surface area contributed by atoms with Crippen molar-refractivity contribution < 1.29 is 19.0 Å². The summed E-state index contributed by atoms with van der Waals surface area (Å²) in [5.41, 5.74) is -0.897. The van der Waals surface area contributed by atoms with Crippen LogP contribution in [0.25, 0.3) is 0 Å². The summed E-state index contributed by atoms with van der Waals surface area (Å²) >= 11 is 0. The van der Waals surface area contributed by atoms with Crippen LogP contribution in [0.5, 0.6) is 5.75 Å². The van der Waals surface area contributed by atoms with Gasteiger partial charge in [-0.2, -0.15) is 0 Å². The minimum absolute atomic E-state index is 0.0306. The second-order valence-electron chi connectivity index (χ2n) is 5.89. The van der Waals surface area contributed by atoms with Gasteiger partial charge in [0.1, 0.15) is 29.5 Å². The zero-order valence-corrected chi connectivity index (χ0v) is 13.1. The zero-order valence-electron chi connectivity index (χ0n) is 13.1. The number of carbonyl (C=O) groups excluding carboxylic acids is 1. The first-order valence-electron chi connectivity index (χ1n) is 7.72. The van der Waals surface area contributed by atoms with Gasteiger partial charge < -0.3 is 14.7 Å². The molecule has 1 saturated heterocycles. The van der Waals surface area contributed by atoms with Crippen molar-refractivity contribution in [2.24, 2.45) is 0 Å². The average molecular weight is 331 g/mol. The Kier molecular flexibility index (Phi) is 4.71. The molecule has 1 aliphatic rings. The predicted octanol–water partition coefficient (Wildman–Crippen LogP) is 1.66. The van der Waals surface area contributed by atoms with E-state index in [1.54, 1.807) is 4.90 Å². The van der Waals surface area contributed by atoms with E-state index in [2.05, 4.69) is 9.97 Å². The fraction of sp³-hybridized carbons (Fsp3) is 0.353. The van der Waals surface area contributed by atoms with Crippen molar-refractivity contribution in [3.63, 3.8) is 0 Å². The first-order valence-corrected chi connectivity index (χ1v) is 7.72. The lowest BCUT2D eigenvalue weighted by molar-refractivity contribution is -0.0533. The molecular weight excluding hydrogens is 313 g/mol. The van der Waals surface area contributed by atoms with Gasteiger partial charge in [0.25, 0.3) is 5.91 Å². The van der Waals surface area contributed by atoms with Gasteiger partial charge in [-0.05, 0) is 37.1 Å². The summed E-state index contributed by atoms with van der Waals surface area (Å²) in [7, 11) is 0. The molecule has 1 atom stereocenters. The monoisotopic (exact) mass is 331 g/mol. The Hall–Kier alpha value is -2.54. The number of β-amino-alcohol motifs (C(OH)–C–C–N with tert-alkyl or cyclic N) is 1. The van der Waals surface area contributed by atoms with Crippen molar-refractivity contribution in [3.8, 4) is 5.75 Å². The van der Waals surface area contributed by atoms with Crippen molar-refractivity contribution in [1.29, 1.82) is 0 Å². The molecule has 1 aromatic carbocycles. The van der Waals surface area contributed by atoms with E-state index < -0.39 is 5.60 Å². The van der Waals surface area contributed by atoms with Gasteiger partial charge in [-0.15, -0.1) is 0 Å². The quantitative estimate of drug-likeness (QED) is 0.922. The maximum Gasteiger partial charge on any atom is 0.274 e.